The second-order valence-corrected chi connectivity index (χ2v) is 5.86. The Hall–Kier alpha value is -1.63. The molecular weight excluding hydrogens is 300 g/mol. The van der Waals surface area contributed by atoms with Gasteiger partial charge in [0.15, 0.2) is 5.96 Å². The average Bonchev–Trinajstić information content (AvgIpc) is 2.98. The van der Waals surface area contributed by atoms with Gasteiger partial charge in [-0.1, -0.05) is 6.92 Å². The largest absolute Gasteiger partial charge is 0.466 e. The Bertz CT molecular complexity index is 474. The normalized spacial score (nSPS) is 11.3. The summed E-state index contributed by atoms with van der Waals surface area (Å²) >= 11 is 1.76. The van der Waals surface area contributed by atoms with Gasteiger partial charge in [0.1, 0.15) is 0 Å². The number of guanidine groups is 1. The van der Waals surface area contributed by atoms with Crippen molar-refractivity contribution in [2.45, 2.75) is 39.5 Å². The first-order valence-electron chi connectivity index (χ1n) is 7.73. The summed E-state index contributed by atoms with van der Waals surface area (Å²) in [7, 11) is 1.74. The summed E-state index contributed by atoms with van der Waals surface area (Å²) < 4.78 is 4.88. The number of carbonyl (C=O) groups excluding carboxylic acids is 1. The van der Waals surface area contributed by atoms with E-state index in [1.165, 1.54) is 4.88 Å². The third-order valence-corrected chi connectivity index (χ3v) is 4.16. The van der Waals surface area contributed by atoms with E-state index in [2.05, 4.69) is 27.5 Å². The van der Waals surface area contributed by atoms with Crippen molar-refractivity contribution in [1.29, 1.82) is 0 Å². The fourth-order valence-electron chi connectivity index (χ4n) is 1.81. The van der Waals surface area contributed by atoms with Gasteiger partial charge in [-0.25, -0.2) is 4.98 Å². The smallest absolute Gasteiger partial charge is 0.305 e. The summed E-state index contributed by atoms with van der Waals surface area (Å²) in [5, 5.41) is 7.57. The van der Waals surface area contributed by atoms with Gasteiger partial charge in [0.05, 0.1) is 11.6 Å². The molecule has 0 atom stereocenters. The predicted octanol–water partition coefficient (Wildman–Crippen LogP) is 1.76. The number of thiazole rings is 1. The summed E-state index contributed by atoms with van der Waals surface area (Å²) in [5.74, 6) is 0.596. The number of hydrogen-bond acceptors (Lipinski definition) is 5. The highest BCUT2D eigenvalue weighted by molar-refractivity contribution is 7.11. The summed E-state index contributed by atoms with van der Waals surface area (Å²) in [5.41, 5.74) is 0. The average molecular weight is 326 g/mol. The van der Waals surface area contributed by atoms with Crippen LogP contribution in [0.15, 0.2) is 11.2 Å². The van der Waals surface area contributed by atoms with Crippen LogP contribution in [0.3, 0.4) is 0 Å². The Balaban J connectivity index is 2.15. The molecule has 0 bridgehead atoms. The molecule has 124 valence electrons. The number of aromatic nitrogens is 1. The van der Waals surface area contributed by atoms with Crippen LogP contribution in [0.5, 0.6) is 0 Å². The van der Waals surface area contributed by atoms with Crippen molar-refractivity contribution in [1.82, 2.24) is 15.6 Å². The number of rotatable bonds is 9. The van der Waals surface area contributed by atoms with Crippen molar-refractivity contribution in [3.63, 3.8) is 0 Å². The highest BCUT2D eigenvalue weighted by Gasteiger charge is 2.03. The molecule has 0 aliphatic heterocycles. The maximum atomic E-state index is 11.2. The molecule has 6 nitrogen and oxygen atoms in total. The highest BCUT2D eigenvalue weighted by Crippen LogP contribution is 2.13. The van der Waals surface area contributed by atoms with Gasteiger partial charge in [0, 0.05) is 44.1 Å². The molecular formula is C15H26N4O2S. The number of aliphatic imine (C=N–C) groups is 1. The highest BCUT2D eigenvalue weighted by atomic mass is 32.1. The van der Waals surface area contributed by atoms with E-state index >= 15 is 0 Å². The van der Waals surface area contributed by atoms with Crippen molar-refractivity contribution in [3.8, 4) is 0 Å². The molecule has 0 aromatic carbocycles. The van der Waals surface area contributed by atoms with Crippen LogP contribution in [-0.2, 0) is 22.4 Å². The zero-order valence-corrected chi connectivity index (χ0v) is 14.5. The Kier molecular flexibility index (Phi) is 9.21. The molecule has 1 aromatic rings. The van der Waals surface area contributed by atoms with Crippen LogP contribution in [0.1, 0.15) is 36.6 Å². The lowest BCUT2D eigenvalue weighted by atomic mass is 10.3. The second kappa shape index (κ2) is 11.0. The number of ether oxygens (including phenoxy) is 1. The summed E-state index contributed by atoms with van der Waals surface area (Å²) in [6, 6.07) is 0. The molecule has 2 N–H and O–H groups in total. The van der Waals surface area contributed by atoms with E-state index in [1.54, 1.807) is 18.4 Å². The molecule has 1 rings (SSSR count). The number of hydrogen-bond donors (Lipinski definition) is 2. The van der Waals surface area contributed by atoms with Crippen LogP contribution < -0.4 is 10.6 Å². The van der Waals surface area contributed by atoms with Crippen molar-refractivity contribution < 1.29 is 9.53 Å². The standard InChI is InChI=1S/C15H26N4O2S/c1-4-12-11-19-13(22-12)8-10-18-15(16-3)17-9-6-7-14(20)21-5-2/h11H,4-10H2,1-3H3,(H2,16,17,18). The van der Waals surface area contributed by atoms with Crippen LogP contribution >= 0.6 is 11.3 Å². The van der Waals surface area contributed by atoms with Crippen molar-refractivity contribution in [2.75, 3.05) is 26.7 Å². The van der Waals surface area contributed by atoms with E-state index in [1.807, 2.05) is 13.1 Å². The first kappa shape index (κ1) is 18.4. The molecule has 1 heterocycles. The van der Waals surface area contributed by atoms with Gasteiger partial charge in [-0.2, -0.15) is 0 Å². The number of carbonyl (C=O) groups is 1. The molecule has 1 aromatic heterocycles. The van der Waals surface area contributed by atoms with Crippen LogP contribution in [0.25, 0.3) is 0 Å². The van der Waals surface area contributed by atoms with E-state index in [4.69, 9.17) is 4.74 Å². The van der Waals surface area contributed by atoms with E-state index in [0.29, 0.717) is 19.6 Å². The number of nitrogens with one attached hydrogen (secondary N) is 2. The SMILES string of the molecule is CCOC(=O)CCCNC(=NC)NCCc1ncc(CC)s1. The third-order valence-electron chi connectivity index (χ3n) is 2.96. The van der Waals surface area contributed by atoms with Crippen LogP contribution in [0.2, 0.25) is 0 Å². The molecule has 0 aliphatic carbocycles. The first-order valence-corrected chi connectivity index (χ1v) is 8.54. The van der Waals surface area contributed by atoms with E-state index in [9.17, 15) is 4.79 Å². The van der Waals surface area contributed by atoms with Crippen LogP contribution in [0.4, 0.5) is 0 Å². The Morgan fingerprint density at radius 3 is 2.77 bits per heavy atom. The third kappa shape index (κ3) is 7.40. The minimum atomic E-state index is -0.150. The second-order valence-electron chi connectivity index (χ2n) is 4.66. The fraction of sp³-hybridized carbons (Fsp3) is 0.667. The Morgan fingerprint density at radius 1 is 1.36 bits per heavy atom. The summed E-state index contributed by atoms with van der Waals surface area (Å²) in [6.07, 6.45) is 5.02. The van der Waals surface area contributed by atoms with Crippen molar-refractivity contribution >= 4 is 23.3 Å². The monoisotopic (exact) mass is 326 g/mol. The molecule has 0 amide bonds. The minimum Gasteiger partial charge on any atom is -0.466 e. The lowest BCUT2D eigenvalue weighted by Gasteiger charge is -2.11. The number of aryl methyl sites for hydroxylation is 1. The van der Waals surface area contributed by atoms with Gasteiger partial charge < -0.3 is 15.4 Å². The topological polar surface area (TPSA) is 75.6 Å². The number of esters is 1. The number of nitrogens with zero attached hydrogens (tertiary/aromatic N) is 2. The van der Waals surface area contributed by atoms with Gasteiger partial charge in [-0.05, 0) is 19.8 Å². The quantitative estimate of drug-likeness (QED) is 0.313. The molecule has 0 fully saturated rings. The molecule has 0 aliphatic rings. The predicted molar refractivity (Wildman–Crippen MR) is 90.4 cm³/mol. The minimum absolute atomic E-state index is 0.150. The van der Waals surface area contributed by atoms with Crippen LogP contribution in [0, 0.1) is 0 Å². The Labute approximate surface area is 136 Å². The maximum absolute atomic E-state index is 11.2. The van der Waals surface area contributed by atoms with Gasteiger partial charge in [0.2, 0.25) is 0 Å². The molecule has 0 saturated heterocycles. The van der Waals surface area contributed by atoms with Gasteiger partial charge >= 0.3 is 5.97 Å². The van der Waals surface area contributed by atoms with E-state index < -0.39 is 0 Å². The molecule has 0 radical (unpaired) electrons. The molecule has 0 spiro atoms. The van der Waals surface area contributed by atoms with Gasteiger partial charge in [-0.3, -0.25) is 9.79 Å². The molecule has 0 unspecified atom stereocenters. The zero-order chi connectivity index (χ0) is 16.2. The van der Waals surface area contributed by atoms with E-state index in [-0.39, 0.29) is 5.97 Å². The lowest BCUT2D eigenvalue weighted by Crippen LogP contribution is -2.38. The summed E-state index contributed by atoms with van der Waals surface area (Å²) in [6.45, 7) is 5.86. The first-order chi connectivity index (χ1) is 10.7. The summed E-state index contributed by atoms with van der Waals surface area (Å²) in [4.78, 5) is 21.1. The van der Waals surface area contributed by atoms with Crippen molar-refractivity contribution in [2.24, 2.45) is 4.99 Å². The Morgan fingerprint density at radius 2 is 2.14 bits per heavy atom. The van der Waals surface area contributed by atoms with Gasteiger partial charge in [-0.15, -0.1) is 11.3 Å². The fourth-order valence-corrected chi connectivity index (χ4v) is 2.67. The lowest BCUT2D eigenvalue weighted by molar-refractivity contribution is -0.143. The van der Waals surface area contributed by atoms with Crippen LogP contribution in [-0.4, -0.2) is 43.7 Å². The molecule has 7 heteroatoms. The molecule has 22 heavy (non-hydrogen) atoms. The van der Waals surface area contributed by atoms with E-state index in [0.717, 1.165) is 36.8 Å². The zero-order valence-electron chi connectivity index (χ0n) is 13.6. The maximum Gasteiger partial charge on any atom is 0.305 e. The molecule has 0 saturated carbocycles. The van der Waals surface area contributed by atoms with Gasteiger partial charge in [0.25, 0.3) is 0 Å². The van der Waals surface area contributed by atoms with Crippen molar-refractivity contribution in [3.05, 3.63) is 16.1 Å².